The van der Waals surface area contributed by atoms with Gasteiger partial charge in [0.05, 0.1) is 6.04 Å². The lowest BCUT2D eigenvalue weighted by molar-refractivity contribution is -0.137. The van der Waals surface area contributed by atoms with Crippen molar-refractivity contribution in [2.24, 2.45) is 5.41 Å². The molecule has 0 aromatic heterocycles. The van der Waals surface area contributed by atoms with Crippen LogP contribution in [0.4, 0.5) is 0 Å². The number of rotatable bonds is 6. The van der Waals surface area contributed by atoms with Gasteiger partial charge in [-0.2, -0.15) is 0 Å². The van der Waals surface area contributed by atoms with Crippen LogP contribution >= 0.6 is 0 Å². The number of carbonyl (C=O) groups excluding carboxylic acids is 1. The van der Waals surface area contributed by atoms with E-state index in [0.29, 0.717) is 12.8 Å². The van der Waals surface area contributed by atoms with Crippen molar-refractivity contribution < 1.29 is 14.7 Å². The third kappa shape index (κ3) is 7.43. The van der Waals surface area contributed by atoms with E-state index in [0.717, 1.165) is 0 Å². The van der Waals surface area contributed by atoms with E-state index in [-0.39, 0.29) is 23.8 Å². The van der Waals surface area contributed by atoms with Gasteiger partial charge in [-0.1, -0.05) is 20.8 Å². The van der Waals surface area contributed by atoms with Crippen LogP contribution in [0.1, 0.15) is 60.8 Å². The second kappa shape index (κ2) is 6.32. The van der Waals surface area contributed by atoms with Crippen LogP contribution in [0.5, 0.6) is 0 Å². The van der Waals surface area contributed by atoms with Crippen LogP contribution in [0.15, 0.2) is 0 Å². The predicted molar refractivity (Wildman–Crippen MR) is 72.6 cm³/mol. The lowest BCUT2D eigenvalue weighted by atomic mass is 9.84. The highest BCUT2D eigenvalue weighted by atomic mass is 16.4. The summed E-state index contributed by atoms with van der Waals surface area (Å²) in [5, 5.41) is 11.9. The lowest BCUT2D eigenvalue weighted by Crippen LogP contribution is -2.50. The van der Waals surface area contributed by atoms with Crippen LogP contribution < -0.4 is 5.32 Å². The van der Waals surface area contributed by atoms with Gasteiger partial charge in [0.2, 0.25) is 0 Å². The van der Waals surface area contributed by atoms with E-state index in [1.54, 1.807) is 0 Å². The van der Waals surface area contributed by atoms with Crippen molar-refractivity contribution in [2.45, 2.75) is 72.4 Å². The van der Waals surface area contributed by atoms with Gasteiger partial charge >= 0.3 is 5.97 Å². The molecule has 1 atom stereocenters. The normalized spacial score (nSPS) is 14.3. The van der Waals surface area contributed by atoms with Crippen LogP contribution in [-0.2, 0) is 9.59 Å². The molecule has 106 valence electrons. The maximum Gasteiger partial charge on any atom is 0.303 e. The molecular formula is C14H27NO3. The quantitative estimate of drug-likeness (QED) is 0.767. The summed E-state index contributed by atoms with van der Waals surface area (Å²) in [7, 11) is 0. The number of Topliss-reactive ketones (excluding diaryl/α,β-unsaturated/α-hetero) is 1. The Bertz CT molecular complexity index is 297. The van der Waals surface area contributed by atoms with Crippen LogP contribution in [0.2, 0.25) is 0 Å². The van der Waals surface area contributed by atoms with Crippen LogP contribution in [0.25, 0.3) is 0 Å². The second-order valence-electron chi connectivity index (χ2n) is 6.85. The summed E-state index contributed by atoms with van der Waals surface area (Å²) >= 11 is 0. The molecule has 0 aromatic rings. The number of hydrogen-bond acceptors (Lipinski definition) is 3. The van der Waals surface area contributed by atoms with Gasteiger partial charge in [-0.3, -0.25) is 9.59 Å². The maximum atomic E-state index is 12.3. The van der Waals surface area contributed by atoms with Crippen LogP contribution in [0.3, 0.4) is 0 Å². The van der Waals surface area contributed by atoms with E-state index in [1.165, 1.54) is 0 Å². The first-order chi connectivity index (χ1) is 7.93. The molecule has 18 heavy (non-hydrogen) atoms. The van der Waals surface area contributed by atoms with Crippen molar-refractivity contribution in [1.29, 1.82) is 0 Å². The number of carboxylic acids is 1. The van der Waals surface area contributed by atoms with E-state index in [4.69, 9.17) is 5.11 Å². The van der Waals surface area contributed by atoms with E-state index < -0.39 is 11.4 Å². The minimum absolute atomic E-state index is 0.111. The third-order valence-electron chi connectivity index (χ3n) is 2.55. The smallest absolute Gasteiger partial charge is 0.303 e. The molecule has 0 heterocycles. The van der Waals surface area contributed by atoms with E-state index in [2.05, 4.69) is 5.32 Å². The highest BCUT2D eigenvalue weighted by Gasteiger charge is 2.31. The summed E-state index contributed by atoms with van der Waals surface area (Å²) in [5.74, 6) is -0.671. The first-order valence-corrected chi connectivity index (χ1v) is 6.47. The summed E-state index contributed by atoms with van der Waals surface area (Å²) in [6.45, 7) is 11.7. The molecule has 1 unspecified atom stereocenters. The number of aliphatic carboxylic acids is 1. The molecule has 0 aliphatic rings. The fourth-order valence-electron chi connectivity index (χ4n) is 1.77. The Labute approximate surface area is 110 Å². The molecule has 0 amide bonds. The zero-order valence-electron chi connectivity index (χ0n) is 12.5. The summed E-state index contributed by atoms with van der Waals surface area (Å²) in [4.78, 5) is 22.8. The number of carboxylic acid groups (broad SMARTS) is 1. The molecular weight excluding hydrogens is 230 g/mol. The molecule has 0 saturated heterocycles. The molecule has 0 rings (SSSR count). The van der Waals surface area contributed by atoms with Crippen molar-refractivity contribution in [3.8, 4) is 0 Å². The van der Waals surface area contributed by atoms with Crippen LogP contribution in [-0.4, -0.2) is 28.4 Å². The Balaban J connectivity index is 4.63. The van der Waals surface area contributed by atoms with E-state index in [9.17, 15) is 9.59 Å². The van der Waals surface area contributed by atoms with Crippen molar-refractivity contribution in [3.05, 3.63) is 0 Å². The molecule has 0 radical (unpaired) electrons. The second-order valence-corrected chi connectivity index (χ2v) is 6.85. The van der Waals surface area contributed by atoms with E-state index in [1.807, 2.05) is 41.5 Å². The Hall–Kier alpha value is -0.900. The molecule has 0 aliphatic carbocycles. The van der Waals surface area contributed by atoms with Crippen molar-refractivity contribution in [3.63, 3.8) is 0 Å². The fourth-order valence-corrected chi connectivity index (χ4v) is 1.77. The van der Waals surface area contributed by atoms with Crippen molar-refractivity contribution >= 4 is 11.8 Å². The van der Waals surface area contributed by atoms with Gasteiger partial charge in [0.1, 0.15) is 0 Å². The minimum atomic E-state index is -0.812. The SMILES string of the molecule is CC(C)(C)NC(CCCC(=O)O)C(=O)C(C)(C)C. The highest BCUT2D eigenvalue weighted by Crippen LogP contribution is 2.21. The zero-order valence-corrected chi connectivity index (χ0v) is 12.5. The molecule has 0 fully saturated rings. The van der Waals surface area contributed by atoms with Gasteiger partial charge in [0, 0.05) is 17.4 Å². The molecule has 4 heteroatoms. The summed E-state index contributed by atoms with van der Waals surface area (Å²) in [6.07, 6.45) is 1.20. The lowest BCUT2D eigenvalue weighted by Gasteiger charge is -2.31. The average molecular weight is 257 g/mol. The van der Waals surface area contributed by atoms with E-state index >= 15 is 0 Å². The van der Waals surface area contributed by atoms with Gasteiger partial charge in [-0.15, -0.1) is 0 Å². The number of hydrogen-bond donors (Lipinski definition) is 2. The Morgan fingerprint density at radius 3 is 1.94 bits per heavy atom. The number of ketones is 1. The van der Waals surface area contributed by atoms with Crippen molar-refractivity contribution in [1.82, 2.24) is 5.32 Å². The molecule has 2 N–H and O–H groups in total. The maximum absolute atomic E-state index is 12.3. The minimum Gasteiger partial charge on any atom is -0.481 e. The van der Waals surface area contributed by atoms with Gasteiger partial charge in [0.15, 0.2) is 5.78 Å². The number of nitrogens with one attached hydrogen (secondary N) is 1. The molecule has 0 aromatic carbocycles. The van der Waals surface area contributed by atoms with Crippen molar-refractivity contribution in [2.75, 3.05) is 0 Å². The first kappa shape index (κ1) is 17.1. The molecule has 4 nitrogen and oxygen atoms in total. The Kier molecular flexibility index (Phi) is 6.00. The van der Waals surface area contributed by atoms with Gasteiger partial charge in [-0.05, 0) is 33.6 Å². The Morgan fingerprint density at radius 1 is 1.11 bits per heavy atom. The molecule has 0 spiro atoms. The third-order valence-corrected chi connectivity index (χ3v) is 2.55. The first-order valence-electron chi connectivity index (χ1n) is 6.47. The van der Waals surface area contributed by atoms with Gasteiger partial charge in [0.25, 0.3) is 0 Å². The standard InChI is InChI=1S/C14H27NO3/c1-13(2,3)12(18)10(15-14(4,5)6)8-7-9-11(16)17/h10,15H,7-9H2,1-6H3,(H,16,17). The topological polar surface area (TPSA) is 66.4 Å². The van der Waals surface area contributed by atoms with Gasteiger partial charge < -0.3 is 10.4 Å². The van der Waals surface area contributed by atoms with Crippen LogP contribution in [0, 0.1) is 5.41 Å². The largest absolute Gasteiger partial charge is 0.481 e. The summed E-state index contributed by atoms with van der Waals surface area (Å²) in [6, 6.07) is -0.274. The monoisotopic (exact) mass is 257 g/mol. The van der Waals surface area contributed by atoms with Gasteiger partial charge in [-0.25, -0.2) is 0 Å². The highest BCUT2D eigenvalue weighted by molar-refractivity contribution is 5.88. The summed E-state index contributed by atoms with van der Waals surface area (Å²) < 4.78 is 0. The average Bonchev–Trinajstić information content (AvgIpc) is 2.11. The fraction of sp³-hybridized carbons (Fsp3) is 0.857. The molecule has 0 aliphatic heterocycles. The number of carbonyl (C=O) groups is 2. The predicted octanol–water partition coefficient (Wildman–Crippen LogP) is 2.61. The molecule has 0 saturated carbocycles. The molecule has 0 bridgehead atoms. The Morgan fingerprint density at radius 2 is 1.61 bits per heavy atom. The zero-order chi connectivity index (χ0) is 14.6. The summed E-state index contributed by atoms with van der Waals surface area (Å²) in [5.41, 5.74) is -0.569.